The lowest BCUT2D eigenvalue weighted by molar-refractivity contribution is 0.302. The van der Waals surface area contributed by atoms with Crippen molar-refractivity contribution in [3.8, 4) is 22.3 Å². The first-order valence-corrected chi connectivity index (χ1v) is 27.6. The Kier molecular flexibility index (Phi) is 19.7. The SMILES string of the molecule is CCCCC1CCC(c2ccc(-c3ccc(C4CCC(CCC)CC4)cc3)c(F)c2)CC1.CCCCCC1CCC(c2ccc(-c3ccc(C4CCC(CCC)CC4)cc3)c(F)c2)CC1. The molecule has 0 radical (unpaired) electrons. The van der Waals surface area contributed by atoms with E-state index in [1.165, 1.54) is 196 Å². The van der Waals surface area contributed by atoms with Gasteiger partial charge in [-0.2, -0.15) is 0 Å². The second-order valence-electron chi connectivity index (χ2n) is 21.8. The number of hydrogen-bond acceptors (Lipinski definition) is 0. The number of unbranched alkanes of at least 4 members (excludes halogenated alkanes) is 3. The summed E-state index contributed by atoms with van der Waals surface area (Å²) in [5.74, 6) is 6.04. The minimum atomic E-state index is -0.0524. The summed E-state index contributed by atoms with van der Waals surface area (Å²) in [5.41, 5.74) is 8.85. The molecule has 354 valence electrons. The van der Waals surface area contributed by atoms with Crippen LogP contribution in [0.1, 0.15) is 247 Å². The Morgan fingerprint density at radius 3 is 0.954 bits per heavy atom. The molecule has 4 aromatic rings. The fourth-order valence-electron chi connectivity index (χ4n) is 13.0. The zero-order valence-corrected chi connectivity index (χ0v) is 41.5. The van der Waals surface area contributed by atoms with Crippen LogP contribution in [-0.2, 0) is 0 Å². The van der Waals surface area contributed by atoms with Gasteiger partial charge in [0.1, 0.15) is 11.6 Å². The van der Waals surface area contributed by atoms with E-state index in [4.69, 9.17) is 0 Å². The van der Waals surface area contributed by atoms with Crippen LogP contribution in [0.15, 0.2) is 84.9 Å². The van der Waals surface area contributed by atoms with Gasteiger partial charge in [0.05, 0.1) is 0 Å². The van der Waals surface area contributed by atoms with E-state index in [9.17, 15) is 0 Å². The summed E-state index contributed by atoms with van der Waals surface area (Å²) < 4.78 is 30.2. The Morgan fingerprint density at radius 2 is 0.631 bits per heavy atom. The molecule has 4 aliphatic carbocycles. The third-order valence-electron chi connectivity index (χ3n) is 17.3. The zero-order chi connectivity index (χ0) is 45.4. The molecule has 4 aliphatic rings. The van der Waals surface area contributed by atoms with Crippen molar-refractivity contribution in [2.24, 2.45) is 23.7 Å². The van der Waals surface area contributed by atoms with E-state index in [0.717, 1.165) is 45.9 Å². The average Bonchev–Trinajstić information content (AvgIpc) is 3.35. The van der Waals surface area contributed by atoms with Gasteiger partial charge in [-0.15, -0.1) is 0 Å². The van der Waals surface area contributed by atoms with Gasteiger partial charge < -0.3 is 0 Å². The zero-order valence-electron chi connectivity index (χ0n) is 41.5. The lowest BCUT2D eigenvalue weighted by Crippen LogP contribution is -2.13. The summed E-state index contributed by atoms with van der Waals surface area (Å²) in [6.07, 6.45) is 35.8. The van der Waals surface area contributed by atoms with Crippen LogP contribution in [0.5, 0.6) is 0 Å². The molecule has 4 saturated carbocycles. The Labute approximate surface area is 396 Å². The van der Waals surface area contributed by atoms with E-state index >= 15 is 8.78 Å². The van der Waals surface area contributed by atoms with Gasteiger partial charge in [0.15, 0.2) is 0 Å². The molecule has 0 bridgehead atoms. The Bertz CT molecular complexity index is 1940. The van der Waals surface area contributed by atoms with Gasteiger partial charge in [-0.1, -0.05) is 171 Å². The monoisotopic (exact) mass is 883 g/mol. The van der Waals surface area contributed by atoms with E-state index in [0.29, 0.717) is 23.7 Å². The van der Waals surface area contributed by atoms with Crippen LogP contribution in [0.2, 0.25) is 0 Å². The Balaban J connectivity index is 0.000000194. The number of benzene rings is 4. The Morgan fingerprint density at radius 1 is 0.323 bits per heavy atom. The fraction of sp³-hybridized carbons (Fsp3) is 0.619. The highest BCUT2D eigenvalue weighted by Crippen LogP contribution is 2.43. The first-order chi connectivity index (χ1) is 31.8. The normalized spacial score (nSPS) is 26.0. The van der Waals surface area contributed by atoms with E-state index < -0.39 is 0 Å². The lowest BCUT2D eigenvalue weighted by atomic mass is 9.76. The maximum absolute atomic E-state index is 15.1. The summed E-state index contributed by atoms with van der Waals surface area (Å²) >= 11 is 0. The van der Waals surface area contributed by atoms with Crippen molar-refractivity contribution in [2.75, 3.05) is 0 Å². The van der Waals surface area contributed by atoms with Gasteiger partial charge in [0.2, 0.25) is 0 Å². The molecule has 0 unspecified atom stereocenters. The third-order valence-corrected chi connectivity index (χ3v) is 17.3. The summed E-state index contributed by atoms with van der Waals surface area (Å²) in [7, 11) is 0. The van der Waals surface area contributed by atoms with Crippen molar-refractivity contribution in [3.05, 3.63) is 119 Å². The molecule has 0 saturated heterocycles. The molecule has 0 N–H and O–H groups in total. The lowest BCUT2D eigenvalue weighted by Gasteiger charge is -2.29. The predicted molar refractivity (Wildman–Crippen MR) is 276 cm³/mol. The predicted octanol–water partition coefficient (Wildman–Crippen LogP) is 20.5. The summed E-state index contributed by atoms with van der Waals surface area (Å²) in [5, 5.41) is 0. The standard InChI is InChI=1S/C32H45F.C31H43F/c1-3-5-6-8-25-11-15-28(16-12-25)30-21-22-31(32(33)23-30)29-19-17-27(18-20-29)26-13-9-24(7-4-2)10-14-26;1-3-5-7-24-10-14-27(15-11-24)29-20-21-30(31(32)22-29)28-18-16-26(17-19-28)25-12-8-23(6-4-2)9-13-25/h17-26,28H,3-16H2,1-2H3;16-25,27H,3-15H2,1-2H3. The van der Waals surface area contributed by atoms with Crippen LogP contribution in [0.25, 0.3) is 22.3 Å². The van der Waals surface area contributed by atoms with E-state index in [2.05, 4.69) is 88.4 Å². The topological polar surface area (TPSA) is 0 Å². The highest BCUT2D eigenvalue weighted by atomic mass is 19.1. The fourth-order valence-corrected chi connectivity index (χ4v) is 13.0. The quantitative estimate of drug-likeness (QED) is 0.0927. The minimum Gasteiger partial charge on any atom is -0.206 e. The van der Waals surface area contributed by atoms with Crippen molar-refractivity contribution >= 4 is 0 Å². The smallest absolute Gasteiger partial charge is 0.131 e. The highest BCUT2D eigenvalue weighted by molar-refractivity contribution is 5.66. The second kappa shape index (κ2) is 25.8. The van der Waals surface area contributed by atoms with Crippen LogP contribution < -0.4 is 0 Å². The first kappa shape index (κ1) is 49.6. The molecule has 4 aromatic carbocycles. The molecule has 8 rings (SSSR count). The molecular formula is C63H88F2. The Hall–Kier alpha value is -3.26. The second-order valence-corrected chi connectivity index (χ2v) is 21.8. The molecule has 0 nitrogen and oxygen atoms in total. The van der Waals surface area contributed by atoms with Crippen LogP contribution in [0.3, 0.4) is 0 Å². The third kappa shape index (κ3) is 14.1. The summed E-state index contributed by atoms with van der Waals surface area (Å²) in [6.45, 7) is 9.16. The summed E-state index contributed by atoms with van der Waals surface area (Å²) in [6, 6.07) is 29.7. The van der Waals surface area contributed by atoms with Crippen LogP contribution in [0, 0.1) is 35.3 Å². The average molecular weight is 883 g/mol. The van der Waals surface area contributed by atoms with Gasteiger partial charge in [0, 0.05) is 11.1 Å². The number of halogens is 2. The number of rotatable bonds is 17. The van der Waals surface area contributed by atoms with Gasteiger partial charge >= 0.3 is 0 Å². The minimum absolute atomic E-state index is 0.0506. The first-order valence-electron chi connectivity index (χ1n) is 27.6. The van der Waals surface area contributed by atoms with E-state index in [1.807, 2.05) is 24.3 Å². The molecule has 65 heavy (non-hydrogen) atoms. The van der Waals surface area contributed by atoms with E-state index in [-0.39, 0.29) is 11.6 Å². The van der Waals surface area contributed by atoms with Crippen LogP contribution in [-0.4, -0.2) is 0 Å². The molecule has 0 heterocycles. The number of hydrogen-bond donors (Lipinski definition) is 0. The largest absolute Gasteiger partial charge is 0.206 e. The molecule has 0 aliphatic heterocycles. The molecule has 0 amide bonds. The van der Waals surface area contributed by atoms with Crippen molar-refractivity contribution < 1.29 is 8.78 Å². The maximum atomic E-state index is 15.1. The van der Waals surface area contributed by atoms with Crippen LogP contribution >= 0.6 is 0 Å². The van der Waals surface area contributed by atoms with Crippen molar-refractivity contribution in [1.82, 2.24) is 0 Å². The highest BCUT2D eigenvalue weighted by Gasteiger charge is 2.26. The van der Waals surface area contributed by atoms with E-state index in [1.54, 1.807) is 0 Å². The maximum Gasteiger partial charge on any atom is 0.131 e. The van der Waals surface area contributed by atoms with Gasteiger partial charge in [0.25, 0.3) is 0 Å². The van der Waals surface area contributed by atoms with Crippen molar-refractivity contribution in [3.63, 3.8) is 0 Å². The van der Waals surface area contributed by atoms with Crippen molar-refractivity contribution in [1.29, 1.82) is 0 Å². The van der Waals surface area contributed by atoms with Crippen molar-refractivity contribution in [2.45, 2.75) is 225 Å². The molecule has 0 spiro atoms. The molecule has 0 aromatic heterocycles. The summed E-state index contributed by atoms with van der Waals surface area (Å²) in [4.78, 5) is 0. The molecule has 0 atom stereocenters. The van der Waals surface area contributed by atoms with Gasteiger partial charge in [-0.25, -0.2) is 8.78 Å². The van der Waals surface area contributed by atoms with Gasteiger partial charge in [-0.3, -0.25) is 0 Å². The molecular weight excluding hydrogens is 795 g/mol. The molecule has 4 fully saturated rings. The van der Waals surface area contributed by atoms with Crippen LogP contribution in [0.4, 0.5) is 8.78 Å². The molecule has 2 heteroatoms. The van der Waals surface area contributed by atoms with Gasteiger partial charge in [-0.05, 0) is 196 Å².